The van der Waals surface area contributed by atoms with Crippen LogP contribution in [0, 0.1) is 6.92 Å². The van der Waals surface area contributed by atoms with E-state index < -0.39 is 9.84 Å². The van der Waals surface area contributed by atoms with Crippen molar-refractivity contribution in [3.05, 3.63) is 71.5 Å². The highest BCUT2D eigenvalue weighted by atomic mass is 32.2. The second-order valence-electron chi connectivity index (χ2n) is 6.65. The highest BCUT2D eigenvalue weighted by Crippen LogP contribution is 2.21. The van der Waals surface area contributed by atoms with Crippen molar-refractivity contribution in [3.63, 3.8) is 0 Å². The number of aromatic nitrogens is 3. The van der Waals surface area contributed by atoms with Crippen molar-refractivity contribution in [2.45, 2.75) is 42.8 Å². The fourth-order valence-electron chi connectivity index (χ4n) is 2.75. The van der Waals surface area contributed by atoms with Crippen LogP contribution in [-0.2, 0) is 38.3 Å². The molecule has 3 aromatic rings. The van der Waals surface area contributed by atoms with Crippen molar-refractivity contribution >= 4 is 27.6 Å². The Hall–Kier alpha value is -2.65. The smallest absolute Gasteiger partial charge is 0.316 e. The molecule has 0 aliphatic rings. The average Bonchev–Trinajstić information content (AvgIpc) is 3.12. The van der Waals surface area contributed by atoms with E-state index in [0.717, 1.165) is 11.1 Å². The molecular weight excluding hydrogens is 422 g/mol. The van der Waals surface area contributed by atoms with Crippen LogP contribution in [0.25, 0.3) is 0 Å². The van der Waals surface area contributed by atoms with Gasteiger partial charge in [0.1, 0.15) is 18.2 Å². The van der Waals surface area contributed by atoms with Gasteiger partial charge in [-0.15, -0.1) is 10.2 Å². The Bertz CT molecular complexity index is 1100. The van der Waals surface area contributed by atoms with Gasteiger partial charge in [0.2, 0.25) is 0 Å². The second kappa shape index (κ2) is 9.90. The monoisotopic (exact) mass is 445 g/mol. The summed E-state index contributed by atoms with van der Waals surface area (Å²) in [6.07, 6.45) is 0. The fraction of sp³-hybridized carbons (Fsp3) is 0.286. The van der Waals surface area contributed by atoms with Crippen LogP contribution in [0.4, 0.5) is 0 Å². The first-order valence-corrected chi connectivity index (χ1v) is 12.1. The maximum atomic E-state index is 12.7. The lowest BCUT2D eigenvalue weighted by molar-refractivity contribution is -0.141. The first-order valence-electron chi connectivity index (χ1n) is 9.43. The lowest BCUT2D eigenvalue weighted by atomic mass is 10.2. The molecule has 0 fully saturated rings. The first kappa shape index (κ1) is 22.0. The Morgan fingerprint density at radius 1 is 1.07 bits per heavy atom. The molecule has 0 radical (unpaired) electrons. The van der Waals surface area contributed by atoms with Crippen LogP contribution in [0.1, 0.15) is 23.9 Å². The summed E-state index contributed by atoms with van der Waals surface area (Å²) < 4.78 is 32.4. The molecule has 3 rings (SSSR count). The van der Waals surface area contributed by atoms with Crippen molar-refractivity contribution in [3.8, 4) is 0 Å². The van der Waals surface area contributed by atoms with Crippen LogP contribution >= 0.6 is 11.8 Å². The van der Waals surface area contributed by atoms with Crippen molar-refractivity contribution in [2.24, 2.45) is 0 Å². The number of thioether (sulfide) groups is 1. The number of sulfone groups is 1. The maximum Gasteiger partial charge on any atom is 0.316 e. The van der Waals surface area contributed by atoms with E-state index in [0.29, 0.717) is 17.5 Å². The minimum absolute atomic E-state index is 0.0652. The number of hydrogen-bond donors (Lipinski definition) is 0. The summed E-state index contributed by atoms with van der Waals surface area (Å²) >= 11 is 1.18. The van der Waals surface area contributed by atoms with E-state index in [1.807, 2.05) is 44.2 Å². The van der Waals surface area contributed by atoms with Gasteiger partial charge in [0, 0.05) is 6.54 Å². The number of carbonyl (C=O) groups excluding carboxylic acids is 1. The van der Waals surface area contributed by atoms with Gasteiger partial charge in [0.25, 0.3) is 0 Å². The molecule has 0 aliphatic carbocycles. The first-order chi connectivity index (χ1) is 14.4. The van der Waals surface area contributed by atoms with Crippen molar-refractivity contribution < 1.29 is 17.9 Å². The maximum absolute atomic E-state index is 12.7. The van der Waals surface area contributed by atoms with Crippen LogP contribution in [-0.4, -0.2) is 34.9 Å². The number of nitrogens with zero attached hydrogens (tertiary/aromatic N) is 3. The van der Waals surface area contributed by atoms with E-state index in [1.165, 1.54) is 11.8 Å². The van der Waals surface area contributed by atoms with Gasteiger partial charge >= 0.3 is 5.97 Å². The Morgan fingerprint density at radius 2 is 1.77 bits per heavy atom. The number of ether oxygens (including phenoxy) is 1. The summed E-state index contributed by atoms with van der Waals surface area (Å²) in [4.78, 5) is 12.3. The molecule has 0 N–H and O–H groups in total. The van der Waals surface area contributed by atoms with Gasteiger partial charge in [0.05, 0.1) is 10.6 Å². The molecule has 2 aromatic carbocycles. The number of benzene rings is 2. The minimum Gasteiger partial charge on any atom is -0.460 e. The van der Waals surface area contributed by atoms with Gasteiger partial charge in [-0.25, -0.2) is 8.42 Å². The van der Waals surface area contributed by atoms with Gasteiger partial charge in [-0.3, -0.25) is 4.79 Å². The van der Waals surface area contributed by atoms with E-state index in [4.69, 9.17) is 4.74 Å². The van der Waals surface area contributed by atoms with Crippen molar-refractivity contribution in [2.75, 3.05) is 5.75 Å². The minimum atomic E-state index is -3.54. The van der Waals surface area contributed by atoms with Gasteiger partial charge in [0.15, 0.2) is 15.0 Å². The van der Waals surface area contributed by atoms with Gasteiger partial charge < -0.3 is 9.30 Å². The van der Waals surface area contributed by atoms with E-state index in [2.05, 4.69) is 10.2 Å². The fourth-order valence-corrected chi connectivity index (χ4v) is 4.84. The molecular formula is C21H23N3O4S2. The lowest BCUT2D eigenvalue weighted by Crippen LogP contribution is -2.12. The molecule has 0 unspecified atom stereocenters. The molecule has 0 bridgehead atoms. The molecule has 0 atom stereocenters. The summed E-state index contributed by atoms with van der Waals surface area (Å²) in [6, 6.07) is 16.1. The Morgan fingerprint density at radius 3 is 2.43 bits per heavy atom. The molecule has 9 heteroatoms. The quantitative estimate of drug-likeness (QED) is 0.368. The second-order valence-corrected chi connectivity index (χ2v) is 9.58. The van der Waals surface area contributed by atoms with Crippen LogP contribution in [0.2, 0.25) is 0 Å². The number of aryl methyl sites for hydroxylation is 1. The summed E-state index contributed by atoms with van der Waals surface area (Å²) in [5.41, 5.74) is 1.90. The third kappa shape index (κ3) is 5.70. The lowest BCUT2D eigenvalue weighted by Gasteiger charge is -2.08. The number of carbonyl (C=O) groups is 1. The highest BCUT2D eigenvalue weighted by Gasteiger charge is 2.21. The predicted molar refractivity (Wildman–Crippen MR) is 115 cm³/mol. The molecule has 0 aliphatic heterocycles. The van der Waals surface area contributed by atoms with Gasteiger partial charge in [-0.2, -0.15) is 0 Å². The van der Waals surface area contributed by atoms with E-state index >= 15 is 0 Å². The number of hydrogen-bond acceptors (Lipinski definition) is 7. The molecule has 1 heterocycles. The van der Waals surface area contributed by atoms with Crippen LogP contribution in [0.3, 0.4) is 0 Å². The van der Waals surface area contributed by atoms with Crippen molar-refractivity contribution in [1.29, 1.82) is 0 Å². The SMILES string of the molecule is CCn1c(CS(=O)(=O)c2ccc(C)cc2)nnc1SCC(=O)OCc1ccccc1. The standard InChI is InChI=1S/C21H23N3O4S2/c1-3-24-19(15-30(26,27)18-11-9-16(2)10-12-18)22-23-21(24)29-14-20(25)28-13-17-7-5-4-6-8-17/h4-12H,3,13-15H2,1-2H3. The Kier molecular flexibility index (Phi) is 7.28. The van der Waals surface area contributed by atoms with E-state index in [1.54, 1.807) is 28.8 Å². The summed E-state index contributed by atoms with van der Waals surface area (Å²) in [7, 11) is -3.54. The van der Waals surface area contributed by atoms with Gasteiger partial charge in [-0.05, 0) is 31.5 Å². The summed E-state index contributed by atoms with van der Waals surface area (Å²) in [5, 5.41) is 8.61. The molecule has 0 spiro atoms. The summed E-state index contributed by atoms with van der Waals surface area (Å²) in [5.74, 6) is -0.215. The zero-order valence-corrected chi connectivity index (χ0v) is 18.4. The summed E-state index contributed by atoms with van der Waals surface area (Å²) in [6.45, 7) is 4.48. The van der Waals surface area contributed by atoms with Gasteiger partial charge in [-0.1, -0.05) is 59.8 Å². The molecule has 0 amide bonds. The number of esters is 1. The van der Waals surface area contributed by atoms with E-state index in [9.17, 15) is 13.2 Å². The highest BCUT2D eigenvalue weighted by molar-refractivity contribution is 7.99. The Labute approximate surface area is 180 Å². The normalized spacial score (nSPS) is 11.4. The third-order valence-corrected chi connectivity index (χ3v) is 6.94. The van der Waals surface area contributed by atoms with E-state index in [-0.39, 0.29) is 29.0 Å². The zero-order chi connectivity index (χ0) is 21.6. The molecule has 7 nitrogen and oxygen atoms in total. The van der Waals surface area contributed by atoms with Crippen LogP contribution in [0.15, 0.2) is 64.6 Å². The average molecular weight is 446 g/mol. The van der Waals surface area contributed by atoms with Crippen molar-refractivity contribution in [1.82, 2.24) is 14.8 Å². The number of rotatable bonds is 9. The predicted octanol–water partition coefficient (Wildman–Crippen LogP) is 3.42. The topological polar surface area (TPSA) is 91.1 Å². The Balaban J connectivity index is 1.62. The van der Waals surface area contributed by atoms with Crippen LogP contribution < -0.4 is 0 Å². The molecule has 30 heavy (non-hydrogen) atoms. The molecule has 158 valence electrons. The van der Waals surface area contributed by atoms with Crippen LogP contribution in [0.5, 0.6) is 0 Å². The molecule has 0 saturated carbocycles. The molecule has 0 saturated heterocycles. The molecule has 1 aromatic heterocycles. The zero-order valence-electron chi connectivity index (χ0n) is 16.8. The third-order valence-electron chi connectivity index (χ3n) is 4.37. The largest absolute Gasteiger partial charge is 0.460 e.